The molecule has 0 aliphatic heterocycles. The van der Waals surface area contributed by atoms with E-state index in [0.29, 0.717) is 12.0 Å². The third-order valence-electron chi connectivity index (χ3n) is 3.48. The molecule has 0 amide bonds. The summed E-state index contributed by atoms with van der Waals surface area (Å²) in [5, 5.41) is 0.737. The zero-order valence-corrected chi connectivity index (χ0v) is 10.1. The number of pyridine rings is 1. The lowest BCUT2D eigenvalue weighted by molar-refractivity contribution is 0.361. The fourth-order valence-corrected chi connectivity index (χ4v) is 2.72. The molecule has 16 heavy (non-hydrogen) atoms. The fourth-order valence-electron chi connectivity index (χ4n) is 2.53. The molecule has 1 heterocycles. The van der Waals surface area contributed by atoms with Gasteiger partial charge in [0.15, 0.2) is 0 Å². The van der Waals surface area contributed by atoms with Gasteiger partial charge >= 0.3 is 0 Å². The van der Waals surface area contributed by atoms with E-state index in [0.717, 1.165) is 17.0 Å². The van der Waals surface area contributed by atoms with Crippen molar-refractivity contribution in [1.82, 2.24) is 10.4 Å². The highest BCUT2D eigenvalue weighted by Crippen LogP contribution is 2.29. The van der Waals surface area contributed by atoms with Crippen LogP contribution in [0.3, 0.4) is 0 Å². The number of hydrazine groups is 1. The monoisotopic (exact) mass is 239 g/mol. The summed E-state index contributed by atoms with van der Waals surface area (Å²) in [5.41, 5.74) is 4.07. The lowest BCUT2D eigenvalue weighted by Gasteiger charge is -2.22. The standard InChI is InChI=1S/C12H18ClN3/c13-11-8-15-6-5-10(11)7-12(16-14)9-3-1-2-4-9/h5-6,8-9,12,16H,1-4,7,14H2. The van der Waals surface area contributed by atoms with Crippen molar-refractivity contribution in [3.8, 4) is 0 Å². The number of hydrogen-bond acceptors (Lipinski definition) is 3. The zero-order chi connectivity index (χ0) is 11.4. The number of hydrogen-bond donors (Lipinski definition) is 2. The van der Waals surface area contributed by atoms with Crippen molar-refractivity contribution in [3.63, 3.8) is 0 Å². The van der Waals surface area contributed by atoms with Crippen LogP contribution in [0, 0.1) is 5.92 Å². The van der Waals surface area contributed by atoms with Gasteiger partial charge in [0.25, 0.3) is 0 Å². The molecule has 4 heteroatoms. The van der Waals surface area contributed by atoms with E-state index in [-0.39, 0.29) is 0 Å². The Labute approximate surface area is 101 Å². The van der Waals surface area contributed by atoms with Crippen LogP contribution in [0.5, 0.6) is 0 Å². The van der Waals surface area contributed by atoms with E-state index in [1.165, 1.54) is 25.7 Å². The van der Waals surface area contributed by atoms with Gasteiger partial charge in [-0.1, -0.05) is 24.4 Å². The summed E-state index contributed by atoms with van der Waals surface area (Å²) in [4.78, 5) is 3.99. The molecule has 1 aliphatic carbocycles. The van der Waals surface area contributed by atoms with E-state index in [4.69, 9.17) is 17.4 Å². The van der Waals surface area contributed by atoms with E-state index >= 15 is 0 Å². The predicted octanol–water partition coefficient (Wildman–Crippen LogP) is 2.30. The van der Waals surface area contributed by atoms with Crippen molar-refractivity contribution in [3.05, 3.63) is 29.0 Å². The first-order chi connectivity index (χ1) is 7.81. The summed E-state index contributed by atoms with van der Waals surface area (Å²) < 4.78 is 0. The molecule has 1 atom stereocenters. The van der Waals surface area contributed by atoms with Crippen LogP contribution in [0.1, 0.15) is 31.2 Å². The molecule has 1 aliphatic rings. The third kappa shape index (κ3) is 2.73. The van der Waals surface area contributed by atoms with Gasteiger partial charge in [0.2, 0.25) is 0 Å². The molecule has 1 fully saturated rings. The lowest BCUT2D eigenvalue weighted by atomic mass is 9.93. The zero-order valence-electron chi connectivity index (χ0n) is 9.32. The number of aromatic nitrogens is 1. The molecule has 1 unspecified atom stereocenters. The third-order valence-corrected chi connectivity index (χ3v) is 3.82. The number of rotatable bonds is 4. The minimum absolute atomic E-state index is 0.336. The average Bonchev–Trinajstić information content (AvgIpc) is 2.81. The van der Waals surface area contributed by atoms with Gasteiger partial charge in [-0.15, -0.1) is 0 Å². The van der Waals surface area contributed by atoms with Crippen molar-refractivity contribution < 1.29 is 0 Å². The van der Waals surface area contributed by atoms with E-state index in [1.807, 2.05) is 6.07 Å². The van der Waals surface area contributed by atoms with Gasteiger partial charge < -0.3 is 0 Å². The maximum Gasteiger partial charge on any atom is 0.0621 e. The Balaban J connectivity index is 2.03. The topological polar surface area (TPSA) is 50.9 Å². The highest BCUT2D eigenvalue weighted by molar-refractivity contribution is 6.31. The molecule has 3 nitrogen and oxygen atoms in total. The summed E-state index contributed by atoms with van der Waals surface area (Å²) >= 11 is 6.10. The molecule has 2 rings (SSSR count). The van der Waals surface area contributed by atoms with E-state index < -0.39 is 0 Å². The Morgan fingerprint density at radius 1 is 1.50 bits per heavy atom. The number of nitrogens with zero attached hydrogens (tertiary/aromatic N) is 1. The van der Waals surface area contributed by atoms with Crippen molar-refractivity contribution in [1.29, 1.82) is 0 Å². The second kappa shape index (κ2) is 5.62. The SMILES string of the molecule is NNC(Cc1ccncc1Cl)C1CCCC1. The first-order valence-corrected chi connectivity index (χ1v) is 6.23. The molecule has 1 aromatic heterocycles. The molecule has 0 radical (unpaired) electrons. The van der Waals surface area contributed by atoms with E-state index in [2.05, 4.69) is 10.4 Å². The second-order valence-electron chi connectivity index (χ2n) is 4.49. The summed E-state index contributed by atoms with van der Waals surface area (Å²) in [5.74, 6) is 6.33. The molecular weight excluding hydrogens is 222 g/mol. The highest BCUT2D eigenvalue weighted by atomic mass is 35.5. The van der Waals surface area contributed by atoms with Gasteiger partial charge in [-0.25, -0.2) is 0 Å². The van der Waals surface area contributed by atoms with Gasteiger partial charge in [0.05, 0.1) is 5.02 Å². The van der Waals surface area contributed by atoms with Crippen LogP contribution in [0.15, 0.2) is 18.5 Å². The number of halogens is 1. The van der Waals surface area contributed by atoms with Crippen LogP contribution < -0.4 is 11.3 Å². The second-order valence-corrected chi connectivity index (χ2v) is 4.90. The minimum Gasteiger partial charge on any atom is -0.271 e. The summed E-state index contributed by atoms with van der Waals surface area (Å²) in [6, 6.07) is 2.31. The molecule has 1 aromatic rings. The Bertz CT molecular complexity index is 337. The number of nitrogens with one attached hydrogen (secondary N) is 1. The van der Waals surface area contributed by atoms with Crippen LogP contribution >= 0.6 is 11.6 Å². The van der Waals surface area contributed by atoms with Crippen molar-refractivity contribution in [2.75, 3.05) is 0 Å². The summed E-state index contributed by atoms with van der Waals surface area (Å²) in [6.07, 6.45) is 9.57. The summed E-state index contributed by atoms with van der Waals surface area (Å²) in [7, 11) is 0. The van der Waals surface area contributed by atoms with Gasteiger partial charge in [0.1, 0.15) is 0 Å². The first kappa shape index (κ1) is 11.8. The molecule has 88 valence electrons. The fraction of sp³-hybridized carbons (Fsp3) is 0.583. The number of nitrogens with two attached hydrogens (primary N) is 1. The molecule has 0 bridgehead atoms. The Hall–Kier alpha value is -0.640. The molecule has 0 spiro atoms. The van der Waals surface area contributed by atoms with Crippen LogP contribution in [0.4, 0.5) is 0 Å². The lowest BCUT2D eigenvalue weighted by Crippen LogP contribution is -2.41. The Morgan fingerprint density at radius 2 is 2.25 bits per heavy atom. The van der Waals surface area contributed by atoms with Gasteiger partial charge in [-0.05, 0) is 36.8 Å². The average molecular weight is 240 g/mol. The Morgan fingerprint density at radius 3 is 2.88 bits per heavy atom. The van der Waals surface area contributed by atoms with Crippen LogP contribution in [0.25, 0.3) is 0 Å². The molecule has 3 N–H and O–H groups in total. The Kier molecular flexibility index (Phi) is 4.16. The van der Waals surface area contributed by atoms with Crippen LogP contribution in [-0.4, -0.2) is 11.0 Å². The van der Waals surface area contributed by atoms with Crippen molar-refractivity contribution in [2.45, 2.75) is 38.1 Å². The van der Waals surface area contributed by atoms with E-state index in [1.54, 1.807) is 12.4 Å². The van der Waals surface area contributed by atoms with Gasteiger partial charge in [-0.3, -0.25) is 16.3 Å². The minimum atomic E-state index is 0.336. The smallest absolute Gasteiger partial charge is 0.0621 e. The molecule has 0 aromatic carbocycles. The van der Waals surface area contributed by atoms with Crippen LogP contribution in [-0.2, 0) is 6.42 Å². The van der Waals surface area contributed by atoms with Crippen molar-refractivity contribution in [2.24, 2.45) is 11.8 Å². The first-order valence-electron chi connectivity index (χ1n) is 5.86. The van der Waals surface area contributed by atoms with Crippen LogP contribution in [0.2, 0.25) is 5.02 Å². The van der Waals surface area contributed by atoms with Gasteiger partial charge in [-0.2, -0.15) is 0 Å². The van der Waals surface area contributed by atoms with Gasteiger partial charge in [0, 0.05) is 18.4 Å². The molecular formula is C12H18ClN3. The van der Waals surface area contributed by atoms with Crippen molar-refractivity contribution >= 4 is 11.6 Å². The quantitative estimate of drug-likeness (QED) is 0.626. The molecule has 1 saturated carbocycles. The summed E-state index contributed by atoms with van der Waals surface area (Å²) in [6.45, 7) is 0. The highest BCUT2D eigenvalue weighted by Gasteiger charge is 2.24. The maximum atomic E-state index is 6.10. The molecule has 0 saturated heterocycles. The van der Waals surface area contributed by atoms with E-state index in [9.17, 15) is 0 Å². The predicted molar refractivity (Wildman–Crippen MR) is 66.0 cm³/mol. The largest absolute Gasteiger partial charge is 0.271 e. The maximum absolute atomic E-state index is 6.10. The normalized spacial score (nSPS) is 18.9.